The van der Waals surface area contributed by atoms with Crippen molar-refractivity contribution in [2.24, 2.45) is 5.92 Å². The van der Waals surface area contributed by atoms with Crippen LogP contribution >= 0.6 is 0 Å². The second kappa shape index (κ2) is 36.4. The minimum Gasteiger partial charge on any atom is -0.394 e. The predicted octanol–water partition coefficient (Wildman–Crippen LogP) is 8.19. The van der Waals surface area contributed by atoms with E-state index >= 15 is 0 Å². The van der Waals surface area contributed by atoms with E-state index in [0.29, 0.717) is 13.1 Å². The number of amides is 3. The second-order valence-electron chi connectivity index (χ2n) is 14.9. The summed E-state index contributed by atoms with van der Waals surface area (Å²) < 4.78 is 0. The summed E-state index contributed by atoms with van der Waals surface area (Å²) in [5.41, 5.74) is -1.53. The van der Waals surface area contributed by atoms with Gasteiger partial charge in [0, 0.05) is 19.5 Å². The largest absolute Gasteiger partial charge is 0.394 e. The molecule has 0 aliphatic rings. The van der Waals surface area contributed by atoms with Crippen LogP contribution in [0.15, 0.2) is 12.2 Å². The summed E-state index contributed by atoms with van der Waals surface area (Å²) >= 11 is 0. The summed E-state index contributed by atoms with van der Waals surface area (Å²) in [6.07, 6.45) is 35.8. The van der Waals surface area contributed by atoms with Gasteiger partial charge in [0.1, 0.15) is 5.54 Å². The van der Waals surface area contributed by atoms with Gasteiger partial charge in [-0.2, -0.15) is 0 Å². The fraction of sp³-hybridized carbons (Fsp3) is 0.881. The molecule has 51 heavy (non-hydrogen) atoms. The number of carbonyl (C=O) groups excluding carboxylic acids is 3. The lowest BCUT2D eigenvalue weighted by atomic mass is 9.98. The number of carbonyl (C=O) groups is 3. The van der Waals surface area contributed by atoms with Gasteiger partial charge in [-0.15, -0.1) is 0 Å². The van der Waals surface area contributed by atoms with Crippen LogP contribution < -0.4 is 16.0 Å². The van der Waals surface area contributed by atoms with E-state index in [1.807, 2.05) is 0 Å². The Balaban J connectivity index is 4.48. The van der Waals surface area contributed by atoms with Gasteiger partial charge in [-0.3, -0.25) is 14.4 Å². The summed E-state index contributed by atoms with van der Waals surface area (Å²) in [6, 6.07) is 0. The van der Waals surface area contributed by atoms with Crippen molar-refractivity contribution in [3.63, 3.8) is 0 Å². The lowest BCUT2D eigenvalue weighted by Gasteiger charge is -2.27. The molecule has 0 aromatic carbocycles. The predicted molar refractivity (Wildman–Crippen MR) is 211 cm³/mol. The molecule has 0 fully saturated rings. The van der Waals surface area contributed by atoms with Crippen molar-refractivity contribution in [2.75, 3.05) is 32.9 Å². The van der Waals surface area contributed by atoms with Crippen LogP contribution in [0.5, 0.6) is 0 Å². The number of allylic oxidation sites excluding steroid dienone is 1. The smallest absolute Gasteiger partial charge is 0.244 e. The standard InChI is InChI=1S/C42H81N3O6/c1-3-5-7-9-11-13-15-17-19-21-23-25-27-32-43-40(50)34-38(30-29-31-39(49)45-42(35-46,36-47)37-48)41(51)44-33-28-26-24-22-20-18-16-14-12-10-8-6-4-2/h29,31,38,46-48H,3-28,30,32-37H2,1-2H3,(H,43,50)(H,44,51)(H,45,49)/b31-29+. The molecule has 9 nitrogen and oxygen atoms in total. The minimum atomic E-state index is -1.53. The third kappa shape index (κ3) is 30.2. The van der Waals surface area contributed by atoms with Crippen molar-refractivity contribution in [3.8, 4) is 0 Å². The quantitative estimate of drug-likeness (QED) is 0.0280. The van der Waals surface area contributed by atoms with Crippen LogP contribution in [0, 0.1) is 5.92 Å². The van der Waals surface area contributed by atoms with Crippen molar-refractivity contribution >= 4 is 17.7 Å². The van der Waals surface area contributed by atoms with Crippen LogP contribution in [0.4, 0.5) is 0 Å². The lowest BCUT2D eigenvalue weighted by molar-refractivity contribution is -0.130. The molecule has 0 spiro atoms. The summed E-state index contributed by atoms with van der Waals surface area (Å²) in [6.45, 7) is 3.79. The van der Waals surface area contributed by atoms with E-state index in [1.165, 1.54) is 147 Å². The molecule has 9 heteroatoms. The molecule has 0 aliphatic heterocycles. The molecular weight excluding hydrogens is 642 g/mol. The maximum Gasteiger partial charge on any atom is 0.244 e. The molecule has 0 saturated heterocycles. The Morgan fingerprint density at radius 3 is 1.25 bits per heavy atom. The van der Waals surface area contributed by atoms with Crippen LogP contribution in [-0.4, -0.2) is 71.5 Å². The Hall–Kier alpha value is -1.97. The van der Waals surface area contributed by atoms with Crippen LogP contribution in [0.3, 0.4) is 0 Å². The third-order valence-corrected chi connectivity index (χ3v) is 9.97. The monoisotopic (exact) mass is 724 g/mol. The molecule has 0 radical (unpaired) electrons. The van der Waals surface area contributed by atoms with Gasteiger partial charge in [0.25, 0.3) is 0 Å². The van der Waals surface area contributed by atoms with E-state index < -0.39 is 37.2 Å². The Bertz CT molecular complexity index is 840. The highest BCUT2D eigenvalue weighted by Crippen LogP contribution is 2.15. The van der Waals surface area contributed by atoms with Gasteiger partial charge in [-0.25, -0.2) is 0 Å². The topological polar surface area (TPSA) is 148 Å². The molecule has 0 aliphatic carbocycles. The van der Waals surface area contributed by atoms with Gasteiger partial charge in [0.2, 0.25) is 17.7 Å². The van der Waals surface area contributed by atoms with Crippen LogP contribution in [0.1, 0.15) is 194 Å². The highest BCUT2D eigenvalue weighted by atomic mass is 16.3. The van der Waals surface area contributed by atoms with E-state index in [4.69, 9.17) is 0 Å². The normalized spacial score (nSPS) is 12.3. The number of hydrogen-bond acceptors (Lipinski definition) is 6. The van der Waals surface area contributed by atoms with Gasteiger partial charge < -0.3 is 31.3 Å². The zero-order valence-electron chi connectivity index (χ0n) is 33.1. The maximum atomic E-state index is 13.1. The fourth-order valence-electron chi connectivity index (χ4n) is 6.36. The average molecular weight is 724 g/mol. The first-order valence-electron chi connectivity index (χ1n) is 21.2. The van der Waals surface area contributed by atoms with E-state index in [0.717, 1.165) is 32.1 Å². The van der Waals surface area contributed by atoms with E-state index in [-0.39, 0.29) is 24.7 Å². The Morgan fingerprint density at radius 2 is 0.882 bits per heavy atom. The number of hydrogen-bond donors (Lipinski definition) is 6. The van der Waals surface area contributed by atoms with Crippen LogP contribution in [-0.2, 0) is 14.4 Å². The van der Waals surface area contributed by atoms with Crippen LogP contribution in [0.2, 0.25) is 0 Å². The summed E-state index contributed by atoms with van der Waals surface area (Å²) in [5.74, 6) is -1.61. The molecule has 1 unspecified atom stereocenters. The van der Waals surface area contributed by atoms with Crippen LogP contribution in [0.25, 0.3) is 0 Å². The average Bonchev–Trinajstić information content (AvgIpc) is 3.13. The molecule has 3 amide bonds. The van der Waals surface area contributed by atoms with Crippen molar-refractivity contribution in [3.05, 3.63) is 12.2 Å². The van der Waals surface area contributed by atoms with E-state index in [2.05, 4.69) is 29.8 Å². The van der Waals surface area contributed by atoms with E-state index in [1.54, 1.807) is 0 Å². The van der Waals surface area contributed by atoms with Gasteiger partial charge in [-0.05, 0) is 25.3 Å². The highest BCUT2D eigenvalue weighted by Gasteiger charge is 2.29. The van der Waals surface area contributed by atoms with Crippen molar-refractivity contribution in [1.82, 2.24) is 16.0 Å². The first-order chi connectivity index (χ1) is 24.9. The third-order valence-electron chi connectivity index (χ3n) is 9.97. The summed E-state index contributed by atoms with van der Waals surface area (Å²) in [5, 5.41) is 36.8. The zero-order valence-corrected chi connectivity index (χ0v) is 33.1. The van der Waals surface area contributed by atoms with Crippen molar-refractivity contribution < 1.29 is 29.7 Å². The summed E-state index contributed by atoms with van der Waals surface area (Å²) in [7, 11) is 0. The van der Waals surface area contributed by atoms with Crippen molar-refractivity contribution in [1.29, 1.82) is 0 Å². The second-order valence-corrected chi connectivity index (χ2v) is 14.9. The Morgan fingerprint density at radius 1 is 0.529 bits per heavy atom. The molecule has 1 atom stereocenters. The Kier molecular flexibility index (Phi) is 35.0. The molecular formula is C42H81N3O6. The van der Waals surface area contributed by atoms with Gasteiger partial charge in [0.15, 0.2) is 0 Å². The van der Waals surface area contributed by atoms with Gasteiger partial charge in [0.05, 0.1) is 25.7 Å². The van der Waals surface area contributed by atoms with Gasteiger partial charge >= 0.3 is 0 Å². The minimum absolute atomic E-state index is 0.0305. The molecule has 0 rings (SSSR count). The molecule has 0 heterocycles. The molecule has 0 saturated carbocycles. The number of nitrogens with one attached hydrogen (secondary N) is 3. The maximum absolute atomic E-state index is 13.1. The molecule has 6 N–H and O–H groups in total. The number of unbranched alkanes of at least 4 members (excludes halogenated alkanes) is 24. The molecule has 300 valence electrons. The van der Waals surface area contributed by atoms with Gasteiger partial charge in [-0.1, -0.05) is 174 Å². The number of aliphatic hydroxyl groups is 3. The lowest BCUT2D eigenvalue weighted by Crippen LogP contribution is -2.56. The first kappa shape index (κ1) is 49.0. The molecule has 0 bridgehead atoms. The SMILES string of the molecule is CCCCCCCCCCCCCCCNC(=O)CC(C/C=C/C(=O)NC(CO)(CO)CO)C(=O)NCCCCCCCCCCCCCCC. The highest BCUT2D eigenvalue weighted by molar-refractivity contribution is 5.89. The molecule has 0 aromatic heterocycles. The molecule has 0 aromatic rings. The fourth-order valence-corrected chi connectivity index (χ4v) is 6.36. The first-order valence-corrected chi connectivity index (χ1v) is 21.2. The van der Waals surface area contributed by atoms with Crippen molar-refractivity contribution in [2.45, 2.75) is 199 Å². The summed E-state index contributed by atoms with van der Waals surface area (Å²) in [4.78, 5) is 38.3. The number of rotatable bonds is 38. The zero-order chi connectivity index (χ0) is 37.7. The number of aliphatic hydroxyl groups excluding tert-OH is 3. The Labute approximate surface area is 313 Å². The van der Waals surface area contributed by atoms with E-state index in [9.17, 15) is 29.7 Å².